The van der Waals surface area contributed by atoms with E-state index in [1.807, 2.05) is 11.0 Å². The van der Waals surface area contributed by atoms with Gasteiger partial charge in [-0.05, 0) is 49.1 Å². The number of carbonyl (C=O) groups is 2. The van der Waals surface area contributed by atoms with E-state index < -0.39 is 0 Å². The third kappa shape index (κ3) is 3.56. The van der Waals surface area contributed by atoms with Crippen LogP contribution in [0.1, 0.15) is 70.3 Å². The summed E-state index contributed by atoms with van der Waals surface area (Å²) in [6.07, 6.45) is 8.57. The zero-order chi connectivity index (χ0) is 17.9. The van der Waals surface area contributed by atoms with Crippen molar-refractivity contribution < 1.29 is 9.59 Å². The zero-order valence-corrected chi connectivity index (χ0v) is 15.7. The van der Waals surface area contributed by atoms with Gasteiger partial charge in [0.2, 0.25) is 0 Å². The third-order valence-electron chi connectivity index (χ3n) is 5.58. The molecule has 1 saturated carbocycles. The molecule has 2 aliphatic rings. The number of likely N-dealkylation sites (tertiary alicyclic amines) is 1. The molecule has 5 nitrogen and oxygen atoms in total. The van der Waals surface area contributed by atoms with Gasteiger partial charge in [0.05, 0.1) is 11.6 Å². The van der Waals surface area contributed by atoms with Crippen molar-refractivity contribution in [1.29, 1.82) is 0 Å². The number of hydrogen-bond donors (Lipinski definition) is 2. The molecule has 2 aromatic rings. The largest absolute Gasteiger partial charge is 0.356 e. The fourth-order valence-corrected chi connectivity index (χ4v) is 5.01. The minimum absolute atomic E-state index is 0.00727. The molecule has 1 aliphatic carbocycles. The van der Waals surface area contributed by atoms with E-state index in [9.17, 15) is 9.59 Å². The van der Waals surface area contributed by atoms with Crippen LogP contribution in [0.3, 0.4) is 0 Å². The Bertz CT molecular complexity index is 756. The number of amides is 2. The Morgan fingerprint density at radius 2 is 1.96 bits per heavy atom. The van der Waals surface area contributed by atoms with Gasteiger partial charge in [-0.25, -0.2) is 0 Å². The van der Waals surface area contributed by atoms with Crippen LogP contribution in [0.5, 0.6) is 0 Å². The third-order valence-corrected chi connectivity index (χ3v) is 6.53. The van der Waals surface area contributed by atoms with E-state index in [2.05, 4.69) is 21.7 Å². The molecule has 4 rings (SSSR count). The van der Waals surface area contributed by atoms with Crippen molar-refractivity contribution in [3.63, 3.8) is 0 Å². The summed E-state index contributed by atoms with van der Waals surface area (Å²) in [6.45, 7) is 1.61. The minimum atomic E-state index is -0.105. The van der Waals surface area contributed by atoms with Gasteiger partial charge in [-0.2, -0.15) is 0 Å². The van der Waals surface area contributed by atoms with Crippen molar-refractivity contribution in [3.05, 3.63) is 45.9 Å². The number of thiophene rings is 1. The molecule has 1 atom stereocenters. The number of nitrogens with zero attached hydrogens (tertiary/aromatic N) is 1. The average Bonchev–Trinajstić information content (AvgIpc) is 3.44. The van der Waals surface area contributed by atoms with Gasteiger partial charge in [-0.3, -0.25) is 9.59 Å². The van der Waals surface area contributed by atoms with Gasteiger partial charge < -0.3 is 15.2 Å². The van der Waals surface area contributed by atoms with Crippen LogP contribution >= 0.6 is 11.3 Å². The smallest absolute Gasteiger partial charge is 0.270 e. The molecule has 6 heteroatoms. The maximum Gasteiger partial charge on any atom is 0.270 e. The molecule has 2 fully saturated rings. The number of H-pyrrole nitrogens is 1. The van der Waals surface area contributed by atoms with Crippen LogP contribution < -0.4 is 5.32 Å². The zero-order valence-electron chi connectivity index (χ0n) is 14.9. The summed E-state index contributed by atoms with van der Waals surface area (Å²) in [4.78, 5) is 31.3. The number of hydrogen-bond acceptors (Lipinski definition) is 3. The van der Waals surface area contributed by atoms with Gasteiger partial charge in [-0.1, -0.05) is 18.9 Å². The van der Waals surface area contributed by atoms with Crippen LogP contribution in [0.4, 0.5) is 0 Å². The Morgan fingerprint density at radius 3 is 2.65 bits per heavy atom. The maximum absolute atomic E-state index is 12.8. The molecular formula is C20H25N3O2S. The lowest BCUT2D eigenvalue weighted by Gasteiger charge is -2.23. The van der Waals surface area contributed by atoms with E-state index in [0.29, 0.717) is 17.2 Å². The van der Waals surface area contributed by atoms with Crippen LogP contribution in [0.15, 0.2) is 29.8 Å². The molecule has 0 aromatic carbocycles. The normalized spacial score (nSPS) is 19.0. The Hall–Kier alpha value is -2.08. The quantitative estimate of drug-likeness (QED) is 0.835. The van der Waals surface area contributed by atoms with Gasteiger partial charge in [0.25, 0.3) is 11.8 Å². The highest BCUT2D eigenvalue weighted by Gasteiger charge is 2.29. The lowest BCUT2D eigenvalue weighted by Crippen LogP contribution is -2.32. The number of carbonyl (C=O) groups excluding carboxylic acids is 2. The van der Waals surface area contributed by atoms with Gasteiger partial charge in [0.1, 0.15) is 5.69 Å². The van der Waals surface area contributed by atoms with Crippen LogP contribution in [0.2, 0.25) is 0 Å². The molecule has 2 N–H and O–H groups in total. The fourth-order valence-electron chi connectivity index (χ4n) is 4.14. The average molecular weight is 372 g/mol. The van der Waals surface area contributed by atoms with E-state index in [1.54, 1.807) is 23.6 Å². The molecule has 0 bridgehead atoms. The molecular weight excluding hydrogens is 346 g/mol. The minimum Gasteiger partial charge on any atom is -0.356 e. The summed E-state index contributed by atoms with van der Waals surface area (Å²) in [6, 6.07) is 5.90. The standard InChI is InChI=1S/C20H25N3O2S/c24-19(15-12-16(21-13-15)20(25)23-9-3-4-10-23)22-18(14-6-1-2-7-14)17-8-5-11-26-17/h5,8,11-14,18,21H,1-4,6-7,9-10H2,(H,22,24). The molecule has 1 unspecified atom stereocenters. The van der Waals surface area contributed by atoms with Crippen molar-refractivity contribution in [2.45, 2.75) is 44.6 Å². The SMILES string of the molecule is O=C(NC(c1cccs1)C1CCCC1)c1c[nH]c(C(=O)N2CCCC2)c1. The summed E-state index contributed by atoms with van der Waals surface area (Å²) in [5, 5.41) is 5.29. The molecule has 3 heterocycles. The molecule has 0 radical (unpaired) electrons. The Kier molecular flexibility index (Phi) is 5.11. The summed E-state index contributed by atoms with van der Waals surface area (Å²) >= 11 is 1.70. The van der Waals surface area contributed by atoms with Crippen molar-refractivity contribution in [2.75, 3.05) is 13.1 Å². The van der Waals surface area contributed by atoms with Crippen molar-refractivity contribution >= 4 is 23.2 Å². The second-order valence-electron chi connectivity index (χ2n) is 7.31. The first-order valence-corrected chi connectivity index (χ1v) is 10.4. The lowest BCUT2D eigenvalue weighted by atomic mass is 9.96. The first-order chi connectivity index (χ1) is 12.7. The summed E-state index contributed by atoms with van der Waals surface area (Å²) in [5.41, 5.74) is 1.04. The fraction of sp³-hybridized carbons (Fsp3) is 0.500. The van der Waals surface area contributed by atoms with E-state index in [0.717, 1.165) is 38.8 Å². The highest BCUT2D eigenvalue weighted by atomic mass is 32.1. The number of aromatic nitrogens is 1. The van der Waals surface area contributed by atoms with Crippen molar-refractivity contribution in [2.24, 2.45) is 5.92 Å². The first kappa shape index (κ1) is 17.3. The molecule has 1 aliphatic heterocycles. The maximum atomic E-state index is 12.8. The van der Waals surface area contributed by atoms with E-state index >= 15 is 0 Å². The van der Waals surface area contributed by atoms with Crippen LogP contribution in [-0.2, 0) is 0 Å². The molecule has 26 heavy (non-hydrogen) atoms. The number of aromatic amines is 1. The Labute approximate surface area is 157 Å². The van der Waals surface area contributed by atoms with Gasteiger partial charge in [0, 0.05) is 24.2 Å². The van der Waals surface area contributed by atoms with Gasteiger partial charge in [-0.15, -0.1) is 11.3 Å². The topological polar surface area (TPSA) is 65.2 Å². The highest BCUT2D eigenvalue weighted by molar-refractivity contribution is 7.10. The predicted molar refractivity (Wildman–Crippen MR) is 102 cm³/mol. The van der Waals surface area contributed by atoms with Crippen LogP contribution in [0, 0.1) is 5.92 Å². The lowest BCUT2D eigenvalue weighted by molar-refractivity contribution is 0.0787. The van der Waals surface area contributed by atoms with Crippen LogP contribution in [0.25, 0.3) is 0 Å². The van der Waals surface area contributed by atoms with Crippen molar-refractivity contribution in [1.82, 2.24) is 15.2 Å². The molecule has 0 spiro atoms. The summed E-state index contributed by atoms with van der Waals surface area (Å²) in [5.74, 6) is 0.390. The second kappa shape index (κ2) is 7.66. The number of nitrogens with one attached hydrogen (secondary N) is 2. The molecule has 138 valence electrons. The highest BCUT2D eigenvalue weighted by Crippen LogP contribution is 2.37. The first-order valence-electron chi connectivity index (χ1n) is 9.54. The van der Waals surface area contributed by atoms with Gasteiger partial charge in [0.15, 0.2) is 0 Å². The Morgan fingerprint density at radius 1 is 1.19 bits per heavy atom. The van der Waals surface area contributed by atoms with E-state index in [-0.39, 0.29) is 17.9 Å². The molecule has 2 amide bonds. The predicted octanol–water partition coefficient (Wildman–Crippen LogP) is 3.97. The van der Waals surface area contributed by atoms with Gasteiger partial charge >= 0.3 is 0 Å². The Balaban J connectivity index is 1.47. The number of rotatable bonds is 5. The van der Waals surface area contributed by atoms with Crippen LogP contribution in [-0.4, -0.2) is 34.8 Å². The van der Waals surface area contributed by atoms with E-state index in [4.69, 9.17) is 0 Å². The summed E-state index contributed by atoms with van der Waals surface area (Å²) < 4.78 is 0. The molecule has 2 aromatic heterocycles. The monoisotopic (exact) mass is 371 g/mol. The van der Waals surface area contributed by atoms with E-state index in [1.165, 1.54) is 17.7 Å². The summed E-state index contributed by atoms with van der Waals surface area (Å²) in [7, 11) is 0. The van der Waals surface area contributed by atoms with Crippen molar-refractivity contribution in [3.8, 4) is 0 Å². The molecule has 1 saturated heterocycles. The second-order valence-corrected chi connectivity index (χ2v) is 8.29.